The summed E-state index contributed by atoms with van der Waals surface area (Å²) in [6.07, 6.45) is 2.99. The number of phenolic OH excluding ortho intramolecular Hbond substituents is 1. The molecule has 2 N–H and O–H groups in total. The van der Waals surface area contributed by atoms with Crippen LogP contribution in [0, 0.1) is 0 Å². The number of phenols is 1. The fraction of sp³-hybridized carbons (Fsp3) is 0.333. The molecule has 21 heavy (non-hydrogen) atoms. The summed E-state index contributed by atoms with van der Waals surface area (Å²) in [5.41, 5.74) is 2.36. The molecule has 0 saturated carbocycles. The Hall–Kier alpha value is -2.00. The van der Waals surface area contributed by atoms with Gasteiger partial charge in [0.2, 0.25) is 0 Å². The Labute approximate surface area is 125 Å². The normalized spacial score (nSPS) is 16.7. The second-order valence-corrected chi connectivity index (χ2v) is 5.41. The summed E-state index contributed by atoms with van der Waals surface area (Å²) >= 11 is 0. The molecule has 1 atom stereocenters. The number of nitrogens with one attached hydrogen (secondary N) is 1. The Bertz CT molecular complexity index is 583. The molecule has 2 aromatic carbocycles. The van der Waals surface area contributed by atoms with E-state index < -0.39 is 0 Å². The number of benzene rings is 2. The van der Waals surface area contributed by atoms with Crippen LogP contribution < -0.4 is 10.1 Å². The molecule has 2 aromatic rings. The van der Waals surface area contributed by atoms with Crippen LogP contribution in [-0.4, -0.2) is 18.3 Å². The van der Waals surface area contributed by atoms with Crippen LogP contribution in [0.3, 0.4) is 0 Å². The van der Waals surface area contributed by atoms with Gasteiger partial charge in [0, 0.05) is 6.04 Å². The SMILES string of the molecule is Oc1cccc2c1CCC2NCCCOc1ccccc1. The van der Waals surface area contributed by atoms with Crippen molar-refractivity contribution in [2.45, 2.75) is 25.3 Å². The molecule has 110 valence electrons. The van der Waals surface area contributed by atoms with Crippen molar-refractivity contribution in [3.8, 4) is 11.5 Å². The fourth-order valence-corrected chi connectivity index (χ4v) is 2.90. The first kappa shape index (κ1) is 14.0. The number of hydrogen-bond acceptors (Lipinski definition) is 3. The molecular weight excluding hydrogens is 262 g/mol. The van der Waals surface area contributed by atoms with Crippen molar-refractivity contribution in [3.63, 3.8) is 0 Å². The smallest absolute Gasteiger partial charge is 0.119 e. The van der Waals surface area contributed by atoms with E-state index in [1.165, 1.54) is 5.56 Å². The third-order valence-electron chi connectivity index (χ3n) is 3.97. The summed E-state index contributed by atoms with van der Waals surface area (Å²) in [6.45, 7) is 1.64. The van der Waals surface area contributed by atoms with Crippen LogP contribution in [0.15, 0.2) is 48.5 Å². The zero-order valence-corrected chi connectivity index (χ0v) is 12.1. The van der Waals surface area contributed by atoms with Crippen molar-refractivity contribution in [3.05, 3.63) is 59.7 Å². The number of para-hydroxylation sites is 1. The highest BCUT2D eigenvalue weighted by Gasteiger charge is 2.23. The maximum atomic E-state index is 9.84. The summed E-state index contributed by atoms with van der Waals surface area (Å²) < 4.78 is 5.68. The molecule has 0 heterocycles. The Kier molecular flexibility index (Phi) is 4.41. The van der Waals surface area contributed by atoms with Crippen LogP contribution in [0.4, 0.5) is 0 Å². The fourth-order valence-electron chi connectivity index (χ4n) is 2.90. The summed E-state index contributed by atoms with van der Waals surface area (Å²) in [4.78, 5) is 0. The maximum absolute atomic E-state index is 9.84. The molecule has 1 unspecified atom stereocenters. The van der Waals surface area contributed by atoms with Crippen LogP contribution in [-0.2, 0) is 6.42 Å². The van der Waals surface area contributed by atoms with Crippen molar-refractivity contribution >= 4 is 0 Å². The highest BCUT2D eigenvalue weighted by Crippen LogP contribution is 2.36. The summed E-state index contributed by atoms with van der Waals surface area (Å²) in [6, 6.07) is 16.1. The minimum absolute atomic E-state index is 0.365. The van der Waals surface area contributed by atoms with E-state index in [9.17, 15) is 5.11 Å². The summed E-state index contributed by atoms with van der Waals surface area (Å²) in [5.74, 6) is 1.36. The standard InChI is InChI=1S/C18H21NO2/c20-18-9-4-8-15-16(18)10-11-17(15)19-12-5-13-21-14-6-2-1-3-7-14/h1-4,6-9,17,19-20H,5,10-13H2. The van der Waals surface area contributed by atoms with Crippen LogP contribution in [0.5, 0.6) is 11.5 Å². The lowest BCUT2D eigenvalue weighted by molar-refractivity contribution is 0.304. The number of fused-ring (bicyclic) bond motifs is 1. The molecule has 0 amide bonds. The monoisotopic (exact) mass is 283 g/mol. The third kappa shape index (κ3) is 3.37. The minimum atomic E-state index is 0.365. The van der Waals surface area contributed by atoms with Gasteiger partial charge in [0.25, 0.3) is 0 Å². The van der Waals surface area contributed by atoms with E-state index in [0.717, 1.165) is 43.7 Å². The predicted molar refractivity (Wildman–Crippen MR) is 83.7 cm³/mol. The van der Waals surface area contributed by atoms with E-state index in [4.69, 9.17) is 4.74 Å². The van der Waals surface area contributed by atoms with E-state index in [0.29, 0.717) is 11.8 Å². The topological polar surface area (TPSA) is 41.5 Å². The van der Waals surface area contributed by atoms with Crippen LogP contribution in [0.2, 0.25) is 0 Å². The molecule has 0 spiro atoms. The Morgan fingerprint density at radius 3 is 2.81 bits per heavy atom. The van der Waals surface area contributed by atoms with Gasteiger partial charge < -0.3 is 15.2 Å². The van der Waals surface area contributed by atoms with Crippen LogP contribution in [0.1, 0.15) is 30.0 Å². The Morgan fingerprint density at radius 1 is 1.10 bits per heavy atom. The van der Waals surface area contributed by atoms with Crippen molar-refractivity contribution in [2.75, 3.05) is 13.2 Å². The van der Waals surface area contributed by atoms with Gasteiger partial charge in [-0.3, -0.25) is 0 Å². The number of aromatic hydroxyl groups is 1. The number of hydrogen-bond donors (Lipinski definition) is 2. The molecule has 0 aromatic heterocycles. The van der Waals surface area contributed by atoms with Crippen LogP contribution in [0.25, 0.3) is 0 Å². The van der Waals surface area contributed by atoms with Crippen molar-refractivity contribution in [1.29, 1.82) is 0 Å². The quantitative estimate of drug-likeness (QED) is 0.798. The number of ether oxygens (including phenoxy) is 1. The second kappa shape index (κ2) is 6.64. The lowest BCUT2D eigenvalue weighted by Gasteiger charge is -2.14. The molecule has 3 heteroatoms. The molecule has 0 aliphatic heterocycles. The van der Waals surface area contributed by atoms with Gasteiger partial charge in [-0.25, -0.2) is 0 Å². The first-order chi connectivity index (χ1) is 10.3. The minimum Gasteiger partial charge on any atom is -0.508 e. The lowest BCUT2D eigenvalue weighted by Crippen LogP contribution is -2.21. The lowest BCUT2D eigenvalue weighted by atomic mass is 10.1. The van der Waals surface area contributed by atoms with Gasteiger partial charge in [-0.15, -0.1) is 0 Å². The summed E-state index contributed by atoms with van der Waals surface area (Å²) in [7, 11) is 0. The predicted octanol–water partition coefficient (Wildman–Crippen LogP) is 3.44. The van der Waals surface area contributed by atoms with Crippen molar-refractivity contribution in [1.82, 2.24) is 5.32 Å². The molecule has 0 radical (unpaired) electrons. The first-order valence-corrected chi connectivity index (χ1v) is 7.56. The first-order valence-electron chi connectivity index (χ1n) is 7.56. The van der Waals surface area contributed by atoms with Gasteiger partial charge in [0.05, 0.1) is 6.61 Å². The second-order valence-electron chi connectivity index (χ2n) is 5.41. The van der Waals surface area contributed by atoms with Crippen LogP contribution >= 0.6 is 0 Å². The van der Waals surface area contributed by atoms with Gasteiger partial charge in [-0.2, -0.15) is 0 Å². The van der Waals surface area contributed by atoms with Gasteiger partial charge in [0.1, 0.15) is 11.5 Å². The zero-order chi connectivity index (χ0) is 14.5. The molecule has 3 rings (SSSR count). The van der Waals surface area contributed by atoms with Gasteiger partial charge >= 0.3 is 0 Å². The molecule has 0 saturated heterocycles. The van der Waals surface area contributed by atoms with E-state index in [2.05, 4.69) is 11.4 Å². The Balaban J connectivity index is 1.42. The van der Waals surface area contributed by atoms with E-state index >= 15 is 0 Å². The average Bonchev–Trinajstić information content (AvgIpc) is 2.93. The van der Waals surface area contributed by atoms with E-state index in [1.807, 2.05) is 36.4 Å². The van der Waals surface area contributed by atoms with Gasteiger partial charge in [-0.05, 0) is 55.1 Å². The molecule has 1 aliphatic rings. The molecule has 1 aliphatic carbocycles. The Morgan fingerprint density at radius 2 is 1.95 bits per heavy atom. The highest BCUT2D eigenvalue weighted by molar-refractivity contribution is 5.44. The van der Waals surface area contributed by atoms with Gasteiger partial charge in [-0.1, -0.05) is 30.3 Å². The summed E-state index contributed by atoms with van der Waals surface area (Å²) in [5, 5.41) is 13.4. The van der Waals surface area contributed by atoms with Crippen molar-refractivity contribution in [2.24, 2.45) is 0 Å². The average molecular weight is 283 g/mol. The van der Waals surface area contributed by atoms with E-state index in [-0.39, 0.29) is 0 Å². The molecule has 0 fully saturated rings. The van der Waals surface area contributed by atoms with E-state index in [1.54, 1.807) is 6.07 Å². The zero-order valence-electron chi connectivity index (χ0n) is 12.1. The molecule has 3 nitrogen and oxygen atoms in total. The van der Waals surface area contributed by atoms with Gasteiger partial charge in [0.15, 0.2) is 0 Å². The van der Waals surface area contributed by atoms with Crippen molar-refractivity contribution < 1.29 is 9.84 Å². The largest absolute Gasteiger partial charge is 0.508 e. The molecular formula is C18H21NO2. The molecule has 0 bridgehead atoms. The third-order valence-corrected chi connectivity index (χ3v) is 3.97. The maximum Gasteiger partial charge on any atom is 0.119 e. The highest BCUT2D eigenvalue weighted by atomic mass is 16.5. The number of rotatable bonds is 6.